The summed E-state index contributed by atoms with van der Waals surface area (Å²) in [7, 11) is 0. The molecule has 1 N–H and O–H groups in total. The molecule has 0 aromatic heterocycles. The van der Waals surface area contributed by atoms with Crippen molar-refractivity contribution in [2.45, 2.75) is 44.9 Å². The number of amides is 2. The SMILES string of the molecule is CC(C)NC(=O)CN1CCC(N2CC(COc3ccc(F)cc3)OCC2=O)CC1. The molecule has 2 aliphatic rings. The Balaban J connectivity index is 1.45. The van der Waals surface area contributed by atoms with Crippen LogP contribution >= 0.6 is 0 Å². The van der Waals surface area contributed by atoms with Crippen LogP contribution in [0.4, 0.5) is 4.39 Å². The van der Waals surface area contributed by atoms with E-state index in [0.717, 1.165) is 25.9 Å². The van der Waals surface area contributed by atoms with Crippen LogP contribution in [-0.4, -0.2) is 79.2 Å². The van der Waals surface area contributed by atoms with Crippen LogP contribution in [0, 0.1) is 5.82 Å². The summed E-state index contributed by atoms with van der Waals surface area (Å²) < 4.78 is 24.3. The summed E-state index contributed by atoms with van der Waals surface area (Å²) in [5.41, 5.74) is 0. The molecule has 0 bridgehead atoms. The third-order valence-corrected chi connectivity index (χ3v) is 5.23. The van der Waals surface area contributed by atoms with Gasteiger partial charge in [0.1, 0.15) is 30.9 Å². The summed E-state index contributed by atoms with van der Waals surface area (Å²) in [5.74, 6) is 0.306. The molecule has 7 nitrogen and oxygen atoms in total. The number of halogens is 1. The van der Waals surface area contributed by atoms with Gasteiger partial charge in [-0.25, -0.2) is 4.39 Å². The first kappa shape index (κ1) is 21.5. The number of nitrogens with zero attached hydrogens (tertiary/aromatic N) is 2. The van der Waals surface area contributed by atoms with Gasteiger partial charge in [-0.15, -0.1) is 0 Å². The van der Waals surface area contributed by atoms with Gasteiger partial charge < -0.3 is 19.7 Å². The number of ether oxygens (including phenoxy) is 2. The first-order chi connectivity index (χ1) is 13.9. The number of likely N-dealkylation sites (tertiary alicyclic amines) is 1. The first-order valence-corrected chi connectivity index (χ1v) is 10.2. The fourth-order valence-corrected chi connectivity index (χ4v) is 3.78. The highest BCUT2D eigenvalue weighted by molar-refractivity contribution is 5.79. The maximum atomic E-state index is 13.0. The standard InChI is InChI=1S/C21H30FN3O4/c1-15(2)23-20(26)12-24-9-7-17(8-10-24)25-11-19(29-14-21(25)27)13-28-18-5-3-16(22)4-6-18/h3-6,15,17,19H,7-14H2,1-2H3,(H,23,26). The molecule has 0 saturated carbocycles. The Morgan fingerprint density at radius 1 is 1.28 bits per heavy atom. The number of piperidine rings is 1. The Morgan fingerprint density at radius 2 is 1.97 bits per heavy atom. The Bertz CT molecular complexity index is 690. The molecule has 2 saturated heterocycles. The van der Waals surface area contributed by atoms with Crippen LogP contribution < -0.4 is 10.1 Å². The van der Waals surface area contributed by atoms with Crippen LogP contribution in [0.2, 0.25) is 0 Å². The van der Waals surface area contributed by atoms with E-state index in [-0.39, 0.29) is 42.4 Å². The van der Waals surface area contributed by atoms with E-state index >= 15 is 0 Å². The molecule has 0 aliphatic carbocycles. The first-order valence-electron chi connectivity index (χ1n) is 10.2. The highest BCUT2D eigenvalue weighted by Gasteiger charge is 2.34. The molecular weight excluding hydrogens is 377 g/mol. The molecule has 1 unspecified atom stereocenters. The molecule has 1 aromatic carbocycles. The van der Waals surface area contributed by atoms with Crippen LogP contribution in [0.5, 0.6) is 5.75 Å². The summed E-state index contributed by atoms with van der Waals surface area (Å²) in [6.45, 7) is 6.72. The van der Waals surface area contributed by atoms with Crippen molar-refractivity contribution < 1.29 is 23.5 Å². The Labute approximate surface area is 171 Å². The van der Waals surface area contributed by atoms with E-state index in [2.05, 4.69) is 10.2 Å². The van der Waals surface area contributed by atoms with Crippen molar-refractivity contribution in [1.82, 2.24) is 15.1 Å². The zero-order chi connectivity index (χ0) is 20.8. The Morgan fingerprint density at radius 3 is 2.62 bits per heavy atom. The van der Waals surface area contributed by atoms with Gasteiger partial charge in [-0.2, -0.15) is 0 Å². The van der Waals surface area contributed by atoms with Crippen LogP contribution in [-0.2, 0) is 14.3 Å². The lowest BCUT2D eigenvalue weighted by Gasteiger charge is -2.42. The van der Waals surface area contributed by atoms with Gasteiger partial charge in [0, 0.05) is 25.2 Å². The van der Waals surface area contributed by atoms with Gasteiger partial charge in [0.25, 0.3) is 0 Å². The van der Waals surface area contributed by atoms with Gasteiger partial charge >= 0.3 is 0 Å². The summed E-state index contributed by atoms with van der Waals surface area (Å²) in [5, 5.41) is 2.91. The van der Waals surface area contributed by atoms with Crippen LogP contribution in [0.1, 0.15) is 26.7 Å². The van der Waals surface area contributed by atoms with E-state index in [0.29, 0.717) is 25.4 Å². The van der Waals surface area contributed by atoms with Crippen LogP contribution in [0.15, 0.2) is 24.3 Å². The summed E-state index contributed by atoms with van der Waals surface area (Å²) >= 11 is 0. The van der Waals surface area contributed by atoms with Gasteiger partial charge in [-0.05, 0) is 51.0 Å². The number of hydrogen-bond donors (Lipinski definition) is 1. The average molecular weight is 407 g/mol. The van der Waals surface area contributed by atoms with Gasteiger partial charge in [0.15, 0.2) is 0 Å². The summed E-state index contributed by atoms with van der Waals surface area (Å²) in [6, 6.07) is 6.15. The molecule has 2 fully saturated rings. The van der Waals surface area contributed by atoms with Crippen LogP contribution in [0.3, 0.4) is 0 Å². The van der Waals surface area contributed by atoms with Gasteiger partial charge in [-0.1, -0.05) is 0 Å². The third kappa shape index (κ3) is 6.40. The van der Waals surface area contributed by atoms with Gasteiger partial charge in [-0.3, -0.25) is 14.5 Å². The highest BCUT2D eigenvalue weighted by atomic mass is 19.1. The second-order valence-corrected chi connectivity index (χ2v) is 7.97. The third-order valence-electron chi connectivity index (χ3n) is 5.23. The smallest absolute Gasteiger partial charge is 0.248 e. The number of carbonyl (C=O) groups excluding carboxylic acids is 2. The topological polar surface area (TPSA) is 71.1 Å². The number of nitrogens with one attached hydrogen (secondary N) is 1. The molecule has 29 heavy (non-hydrogen) atoms. The minimum atomic E-state index is -0.309. The molecule has 1 atom stereocenters. The number of rotatable bonds is 7. The molecule has 0 radical (unpaired) electrons. The number of carbonyl (C=O) groups is 2. The van der Waals surface area contributed by atoms with E-state index in [1.54, 1.807) is 12.1 Å². The number of morpholine rings is 1. The largest absolute Gasteiger partial charge is 0.491 e. The minimum absolute atomic E-state index is 0.000895. The zero-order valence-electron chi connectivity index (χ0n) is 17.1. The molecule has 8 heteroatoms. The van der Waals surface area contributed by atoms with E-state index in [1.807, 2.05) is 18.7 Å². The van der Waals surface area contributed by atoms with Crippen molar-refractivity contribution in [2.24, 2.45) is 0 Å². The fraction of sp³-hybridized carbons (Fsp3) is 0.619. The van der Waals surface area contributed by atoms with Crippen molar-refractivity contribution in [3.8, 4) is 5.75 Å². The van der Waals surface area contributed by atoms with Crippen molar-refractivity contribution in [3.05, 3.63) is 30.1 Å². The van der Waals surface area contributed by atoms with E-state index in [4.69, 9.17) is 9.47 Å². The van der Waals surface area contributed by atoms with Crippen molar-refractivity contribution in [2.75, 3.05) is 39.4 Å². The average Bonchev–Trinajstić information content (AvgIpc) is 2.68. The predicted octanol–water partition coefficient (Wildman–Crippen LogP) is 1.42. The van der Waals surface area contributed by atoms with E-state index < -0.39 is 0 Å². The van der Waals surface area contributed by atoms with Gasteiger partial charge in [0.05, 0.1) is 13.1 Å². The molecule has 3 rings (SSSR count). The fourth-order valence-electron chi connectivity index (χ4n) is 3.78. The number of benzene rings is 1. The van der Waals surface area contributed by atoms with Crippen molar-refractivity contribution in [1.29, 1.82) is 0 Å². The molecule has 2 aliphatic heterocycles. The second-order valence-electron chi connectivity index (χ2n) is 7.97. The normalized spacial score (nSPS) is 21.4. The van der Waals surface area contributed by atoms with E-state index in [9.17, 15) is 14.0 Å². The lowest BCUT2D eigenvalue weighted by atomic mass is 10.0. The molecule has 0 spiro atoms. The molecule has 2 amide bonds. The monoisotopic (exact) mass is 407 g/mol. The van der Waals surface area contributed by atoms with E-state index in [1.165, 1.54) is 12.1 Å². The molecule has 1 aromatic rings. The maximum absolute atomic E-state index is 13.0. The lowest BCUT2D eigenvalue weighted by molar-refractivity contribution is -0.155. The quantitative estimate of drug-likeness (QED) is 0.740. The molecule has 160 valence electrons. The predicted molar refractivity (Wildman–Crippen MR) is 106 cm³/mol. The zero-order valence-corrected chi connectivity index (χ0v) is 17.1. The maximum Gasteiger partial charge on any atom is 0.248 e. The Hall–Kier alpha value is -2.19. The van der Waals surface area contributed by atoms with Crippen LogP contribution in [0.25, 0.3) is 0 Å². The summed E-state index contributed by atoms with van der Waals surface area (Å²) in [4.78, 5) is 28.3. The minimum Gasteiger partial charge on any atom is -0.491 e. The Kier molecular flexibility index (Phi) is 7.44. The van der Waals surface area contributed by atoms with Crippen molar-refractivity contribution >= 4 is 11.8 Å². The summed E-state index contributed by atoms with van der Waals surface area (Å²) in [6.07, 6.45) is 1.46. The molecular formula is C21H30FN3O4. The van der Waals surface area contributed by atoms with Crippen molar-refractivity contribution in [3.63, 3.8) is 0 Å². The molecule has 2 heterocycles. The highest BCUT2D eigenvalue weighted by Crippen LogP contribution is 2.21. The van der Waals surface area contributed by atoms with Gasteiger partial charge in [0.2, 0.25) is 11.8 Å². The lowest BCUT2D eigenvalue weighted by Crippen LogP contribution is -2.56. The second kappa shape index (κ2) is 10.0. The number of hydrogen-bond acceptors (Lipinski definition) is 5.